The molecular weight excluding hydrogens is 292 g/mol. The average Bonchev–Trinajstić information content (AvgIpc) is 2.62. The highest BCUT2D eigenvalue weighted by atomic mass is 16.2. The second-order valence-corrected chi connectivity index (χ2v) is 6.41. The molecule has 2 aliphatic rings. The number of hydrogen-bond donors (Lipinski definition) is 2. The Morgan fingerprint density at radius 2 is 1.83 bits per heavy atom. The van der Waals surface area contributed by atoms with E-state index in [1.165, 1.54) is 12.6 Å². The van der Waals surface area contributed by atoms with Gasteiger partial charge in [0.05, 0.1) is 0 Å². The van der Waals surface area contributed by atoms with Crippen LogP contribution in [0.15, 0.2) is 11.8 Å². The minimum atomic E-state index is -0.301. The molecule has 0 radical (unpaired) electrons. The van der Waals surface area contributed by atoms with Gasteiger partial charge in [-0.1, -0.05) is 19.3 Å². The van der Waals surface area contributed by atoms with Crippen LogP contribution >= 0.6 is 0 Å². The maximum atomic E-state index is 12.4. The minimum absolute atomic E-state index is 0.000331. The molecule has 2 rings (SSSR count). The van der Waals surface area contributed by atoms with Crippen molar-refractivity contribution in [2.24, 2.45) is 5.92 Å². The lowest BCUT2D eigenvalue weighted by Crippen LogP contribution is -2.40. The zero-order chi connectivity index (χ0) is 16.7. The van der Waals surface area contributed by atoms with Crippen molar-refractivity contribution in [3.63, 3.8) is 0 Å². The lowest BCUT2D eigenvalue weighted by molar-refractivity contribution is -0.128. The van der Waals surface area contributed by atoms with Gasteiger partial charge >= 0.3 is 0 Å². The third-order valence-corrected chi connectivity index (χ3v) is 4.86. The molecule has 0 aromatic carbocycles. The fourth-order valence-corrected chi connectivity index (χ4v) is 3.31. The summed E-state index contributed by atoms with van der Waals surface area (Å²) in [5.74, 6) is -0.448. The van der Waals surface area contributed by atoms with Gasteiger partial charge in [0.1, 0.15) is 11.6 Å². The van der Waals surface area contributed by atoms with Gasteiger partial charge < -0.3 is 15.5 Å². The lowest BCUT2D eigenvalue weighted by atomic mass is 9.94. The van der Waals surface area contributed by atoms with Crippen LogP contribution in [-0.4, -0.2) is 42.9 Å². The topological polar surface area (TPSA) is 85.2 Å². The Bertz CT molecular complexity index is 497. The number of carbonyl (C=O) groups is 2. The average molecular weight is 318 g/mol. The van der Waals surface area contributed by atoms with Crippen molar-refractivity contribution >= 4 is 11.8 Å². The number of nitrogens with zero attached hydrogens (tertiary/aromatic N) is 2. The van der Waals surface area contributed by atoms with Crippen LogP contribution in [0, 0.1) is 17.2 Å². The molecule has 23 heavy (non-hydrogen) atoms. The zero-order valence-corrected chi connectivity index (χ0v) is 13.8. The van der Waals surface area contributed by atoms with Crippen molar-refractivity contribution in [3.8, 4) is 6.07 Å². The summed E-state index contributed by atoms with van der Waals surface area (Å²) in [5.41, 5.74) is 0.000331. The summed E-state index contributed by atoms with van der Waals surface area (Å²) in [6.07, 6.45) is 8.30. The molecule has 0 unspecified atom stereocenters. The molecule has 0 aromatic rings. The highest BCUT2D eigenvalue weighted by Crippen LogP contribution is 2.22. The van der Waals surface area contributed by atoms with Crippen molar-refractivity contribution in [3.05, 3.63) is 11.8 Å². The molecule has 0 bridgehead atoms. The summed E-state index contributed by atoms with van der Waals surface area (Å²) < 4.78 is 0. The van der Waals surface area contributed by atoms with Gasteiger partial charge in [-0.3, -0.25) is 9.59 Å². The number of rotatable bonds is 4. The van der Waals surface area contributed by atoms with E-state index in [1.807, 2.05) is 6.07 Å². The van der Waals surface area contributed by atoms with E-state index in [1.54, 1.807) is 11.9 Å². The monoisotopic (exact) mass is 318 g/mol. The molecular formula is C17H26N4O2. The molecule has 0 spiro atoms. The normalized spacial score (nSPS) is 20.6. The highest BCUT2D eigenvalue weighted by molar-refractivity contribution is 5.97. The van der Waals surface area contributed by atoms with Gasteiger partial charge in [0, 0.05) is 25.2 Å². The van der Waals surface area contributed by atoms with E-state index in [0.717, 1.165) is 51.6 Å². The summed E-state index contributed by atoms with van der Waals surface area (Å²) in [5, 5.41) is 15.1. The number of hydrogen-bond acceptors (Lipinski definition) is 4. The summed E-state index contributed by atoms with van der Waals surface area (Å²) in [6.45, 7) is 1.66. The molecule has 2 amide bonds. The SMILES string of the molecule is CN(C(=O)/C(C#N)=C\NC(=O)C1CCNCC1)C1CCCCC1. The Morgan fingerprint density at radius 3 is 2.43 bits per heavy atom. The standard InChI is InChI=1S/C17H26N4O2/c1-21(15-5-3-2-4-6-15)17(23)14(11-18)12-20-16(22)13-7-9-19-10-8-13/h12-13,15,19H,2-10H2,1H3,(H,20,22)/b14-12-. The van der Waals surface area contributed by atoms with Crippen LogP contribution in [0.2, 0.25) is 0 Å². The minimum Gasteiger partial charge on any atom is -0.338 e. The zero-order valence-electron chi connectivity index (χ0n) is 13.8. The van der Waals surface area contributed by atoms with E-state index in [0.29, 0.717) is 0 Å². The van der Waals surface area contributed by atoms with Crippen LogP contribution in [0.3, 0.4) is 0 Å². The number of nitriles is 1. The Balaban J connectivity index is 1.93. The summed E-state index contributed by atoms with van der Waals surface area (Å²) in [6, 6.07) is 2.12. The third kappa shape index (κ3) is 4.80. The van der Waals surface area contributed by atoms with Crippen molar-refractivity contribution in [2.75, 3.05) is 20.1 Å². The Morgan fingerprint density at radius 1 is 1.17 bits per heavy atom. The molecule has 6 nitrogen and oxygen atoms in total. The molecule has 1 aliphatic carbocycles. The molecule has 126 valence electrons. The molecule has 1 heterocycles. The van der Waals surface area contributed by atoms with Gasteiger partial charge in [-0.2, -0.15) is 5.26 Å². The maximum Gasteiger partial charge on any atom is 0.266 e. The van der Waals surface area contributed by atoms with E-state index >= 15 is 0 Å². The second kappa shape index (κ2) is 8.68. The van der Waals surface area contributed by atoms with Crippen LogP contribution < -0.4 is 10.6 Å². The number of piperidine rings is 1. The van der Waals surface area contributed by atoms with Crippen molar-refractivity contribution in [2.45, 2.75) is 51.0 Å². The van der Waals surface area contributed by atoms with Gasteiger partial charge in [-0.05, 0) is 38.8 Å². The molecule has 2 fully saturated rings. The summed E-state index contributed by atoms with van der Waals surface area (Å²) in [7, 11) is 1.75. The highest BCUT2D eigenvalue weighted by Gasteiger charge is 2.25. The fraction of sp³-hybridized carbons (Fsp3) is 0.706. The maximum absolute atomic E-state index is 12.4. The van der Waals surface area contributed by atoms with E-state index in [4.69, 9.17) is 0 Å². The predicted molar refractivity (Wildman–Crippen MR) is 87.1 cm³/mol. The van der Waals surface area contributed by atoms with Gasteiger partial charge in [0.2, 0.25) is 5.91 Å². The van der Waals surface area contributed by atoms with Crippen LogP contribution in [0.5, 0.6) is 0 Å². The summed E-state index contributed by atoms with van der Waals surface area (Å²) >= 11 is 0. The van der Waals surface area contributed by atoms with Crippen molar-refractivity contribution in [1.29, 1.82) is 5.26 Å². The van der Waals surface area contributed by atoms with Gasteiger partial charge in [-0.25, -0.2) is 0 Å². The van der Waals surface area contributed by atoms with Crippen molar-refractivity contribution < 1.29 is 9.59 Å². The number of nitrogens with one attached hydrogen (secondary N) is 2. The van der Waals surface area contributed by atoms with E-state index < -0.39 is 0 Å². The lowest BCUT2D eigenvalue weighted by Gasteiger charge is -2.31. The molecule has 2 N–H and O–H groups in total. The number of carbonyl (C=O) groups excluding carboxylic acids is 2. The Kier molecular flexibility index (Phi) is 6.60. The first-order valence-electron chi connectivity index (χ1n) is 8.52. The van der Waals surface area contributed by atoms with E-state index in [2.05, 4.69) is 10.6 Å². The molecule has 1 saturated carbocycles. The summed E-state index contributed by atoms with van der Waals surface area (Å²) in [4.78, 5) is 26.2. The van der Waals surface area contributed by atoms with Crippen LogP contribution in [0.25, 0.3) is 0 Å². The van der Waals surface area contributed by atoms with Gasteiger partial charge in [0.25, 0.3) is 5.91 Å². The Labute approximate surface area is 137 Å². The van der Waals surface area contributed by atoms with E-state index in [9.17, 15) is 14.9 Å². The molecule has 6 heteroatoms. The van der Waals surface area contributed by atoms with Crippen LogP contribution in [-0.2, 0) is 9.59 Å². The molecule has 1 aliphatic heterocycles. The Hall–Kier alpha value is -1.87. The predicted octanol–water partition coefficient (Wildman–Crippen LogP) is 1.30. The third-order valence-electron chi connectivity index (χ3n) is 4.86. The number of likely N-dealkylation sites (N-methyl/N-ethyl adjacent to an activating group) is 1. The molecule has 0 atom stereocenters. The van der Waals surface area contributed by atoms with Gasteiger partial charge in [0.15, 0.2) is 0 Å². The molecule has 1 saturated heterocycles. The van der Waals surface area contributed by atoms with Crippen molar-refractivity contribution in [1.82, 2.24) is 15.5 Å². The largest absolute Gasteiger partial charge is 0.338 e. The van der Waals surface area contributed by atoms with Crippen LogP contribution in [0.4, 0.5) is 0 Å². The first-order chi connectivity index (χ1) is 11.1. The van der Waals surface area contributed by atoms with E-state index in [-0.39, 0.29) is 29.3 Å². The fourth-order valence-electron chi connectivity index (χ4n) is 3.31. The van der Waals surface area contributed by atoms with Crippen LogP contribution in [0.1, 0.15) is 44.9 Å². The molecule has 0 aromatic heterocycles. The number of amides is 2. The smallest absolute Gasteiger partial charge is 0.266 e. The second-order valence-electron chi connectivity index (χ2n) is 6.41. The quantitative estimate of drug-likeness (QED) is 0.604. The van der Waals surface area contributed by atoms with Gasteiger partial charge in [-0.15, -0.1) is 0 Å². The first kappa shape index (κ1) is 17.5. The first-order valence-corrected chi connectivity index (χ1v) is 8.52.